The number of ketones is 1. The largest absolute Gasteiger partial charge is 0.512 e. The number of hydrogen-bond acceptors (Lipinski definition) is 3. The summed E-state index contributed by atoms with van der Waals surface area (Å²) >= 11 is 0. The van der Waals surface area contributed by atoms with Gasteiger partial charge in [-0.15, -0.1) is 0 Å². The molecular formula is C20H19F2NO2. The number of alkyl halides is 2. The van der Waals surface area contributed by atoms with E-state index in [0.717, 1.165) is 17.2 Å². The van der Waals surface area contributed by atoms with Gasteiger partial charge in [-0.1, -0.05) is 24.3 Å². The Kier molecular flexibility index (Phi) is 5.22. The van der Waals surface area contributed by atoms with E-state index in [1.807, 2.05) is 24.3 Å². The van der Waals surface area contributed by atoms with Gasteiger partial charge in [-0.05, 0) is 23.8 Å². The molecule has 0 spiro atoms. The quantitative estimate of drug-likeness (QED) is 0.775. The average Bonchev–Trinajstić information content (AvgIpc) is 2.53. The van der Waals surface area contributed by atoms with Gasteiger partial charge < -0.3 is 5.11 Å². The van der Waals surface area contributed by atoms with Crippen LogP contribution in [0.5, 0.6) is 0 Å². The third-order valence-corrected chi connectivity index (χ3v) is 4.10. The van der Waals surface area contributed by atoms with Crippen LogP contribution in [0.15, 0.2) is 54.3 Å². The molecule has 0 saturated carbocycles. The fourth-order valence-corrected chi connectivity index (χ4v) is 2.99. The fourth-order valence-electron chi connectivity index (χ4n) is 2.99. The van der Waals surface area contributed by atoms with Crippen LogP contribution in [0.4, 0.5) is 8.78 Å². The normalized spacial score (nSPS) is 23.9. The van der Waals surface area contributed by atoms with E-state index in [1.165, 1.54) is 0 Å². The molecule has 1 N–H and O–H groups in total. The zero-order valence-electron chi connectivity index (χ0n) is 13.7. The van der Waals surface area contributed by atoms with E-state index < -0.39 is 18.1 Å². The number of fused-ring (bicyclic) bond motifs is 5. The second-order valence-corrected chi connectivity index (χ2v) is 6.33. The highest BCUT2D eigenvalue weighted by molar-refractivity contribution is 5.90. The minimum absolute atomic E-state index is 0.0331. The van der Waals surface area contributed by atoms with Crippen molar-refractivity contribution in [1.82, 2.24) is 4.98 Å². The number of aliphatic hydroxyl groups is 1. The molecule has 0 radical (unpaired) electrons. The van der Waals surface area contributed by atoms with Crippen molar-refractivity contribution in [2.24, 2.45) is 0 Å². The molecule has 1 aromatic heterocycles. The predicted octanol–water partition coefficient (Wildman–Crippen LogP) is 4.31. The predicted molar refractivity (Wildman–Crippen MR) is 91.8 cm³/mol. The molecule has 3 rings (SSSR count). The summed E-state index contributed by atoms with van der Waals surface area (Å²) in [6, 6.07) is 12.7. The van der Waals surface area contributed by atoms with Crippen LogP contribution in [0, 0.1) is 0 Å². The van der Waals surface area contributed by atoms with E-state index in [2.05, 4.69) is 4.98 Å². The van der Waals surface area contributed by atoms with Crippen LogP contribution in [0.2, 0.25) is 0 Å². The first-order valence-corrected chi connectivity index (χ1v) is 8.25. The Morgan fingerprint density at radius 2 is 1.72 bits per heavy atom. The number of allylic oxidation sites excluding steroid dienone is 2. The molecule has 1 aromatic carbocycles. The van der Waals surface area contributed by atoms with E-state index in [1.54, 1.807) is 18.2 Å². The standard InChI is InChI=1S/C20H19F2NO2/c21-15-8-13-3-1-4-14(7-13)20-6-2-5-17(23-20)9-16(22)11-19(25)12-18(24)10-15/h1-7,12,15-16,25H,8-11H2/b19-12-. The first-order valence-electron chi connectivity index (χ1n) is 8.25. The van der Waals surface area contributed by atoms with Crippen molar-refractivity contribution >= 4 is 5.78 Å². The maximum absolute atomic E-state index is 14.2. The van der Waals surface area contributed by atoms with Gasteiger partial charge in [-0.25, -0.2) is 8.78 Å². The zero-order chi connectivity index (χ0) is 17.8. The van der Waals surface area contributed by atoms with Crippen LogP contribution in [-0.4, -0.2) is 28.2 Å². The molecule has 5 heteroatoms. The number of benzene rings is 1. The SMILES string of the molecule is O=C1/C=C(\O)CC(F)Cc2cccc(n2)-c2cccc(c2)CC(F)C1. The molecule has 0 fully saturated rings. The minimum Gasteiger partial charge on any atom is -0.512 e. The molecule has 0 amide bonds. The van der Waals surface area contributed by atoms with E-state index in [-0.39, 0.29) is 31.4 Å². The number of pyridine rings is 1. The summed E-state index contributed by atoms with van der Waals surface area (Å²) in [6.45, 7) is 0. The van der Waals surface area contributed by atoms with E-state index in [4.69, 9.17) is 0 Å². The molecule has 4 bridgehead atoms. The summed E-state index contributed by atoms with van der Waals surface area (Å²) in [5, 5.41) is 9.75. The lowest BCUT2D eigenvalue weighted by Crippen LogP contribution is -2.12. The lowest BCUT2D eigenvalue weighted by atomic mass is 10.0. The highest BCUT2D eigenvalue weighted by Crippen LogP contribution is 2.22. The van der Waals surface area contributed by atoms with Crippen LogP contribution in [-0.2, 0) is 17.6 Å². The maximum Gasteiger partial charge on any atom is 0.161 e. The van der Waals surface area contributed by atoms with E-state index in [0.29, 0.717) is 11.4 Å². The highest BCUT2D eigenvalue weighted by Gasteiger charge is 2.17. The van der Waals surface area contributed by atoms with Gasteiger partial charge in [0.2, 0.25) is 0 Å². The molecular weight excluding hydrogens is 324 g/mol. The summed E-state index contributed by atoms with van der Waals surface area (Å²) in [4.78, 5) is 16.3. The number of carbonyl (C=O) groups excluding carboxylic acids is 1. The van der Waals surface area contributed by atoms with Crippen molar-refractivity contribution in [3.05, 3.63) is 65.6 Å². The lowest BCUT2D eigenvalue weighted by Gasteiger charge is -2.09. The number of carbonyl (C=O) groups is 1. The Hall–Kier alpha value is -2.56. The third-order valence-electron chi connectivity index (χ3n) is 4.10. The Balaban J connectivity index is 1.98. The lowest BCUT2D eigenvalue weighted by molar-refractivity contribution is -0.115. The third kappa shape index (κ3) is 4.72. The molecule has 2 atom stereocenters. The number of hydrogen-bond donors (Lipinski definition) is 1. The first kappa shape index (κ1) is 17.3. The molecule has 0 aliphatic carbocycles. The van der Waals surface area contributed by atoms with Crippen molar-refractivity contribution < 1.29 is 18.7 Å². The Morgan fingerprint density at radius 1 is 0.960 bits per heavy atom. The molecule has 2 heterocycles. The summed E-state index contributed by atoms with van der Waals surface area (Å²) in [5.74, 6) is -0.904. The second-order valence-electron chi connectivity index (χ2n) is 6.33. The number of rotatable bonds is 0. The molecule has 3 nitrogen and oxygen atoms in total. The molecule has 1 aliphatic heterocycles. The van der Waals surface area contributed by atoms with Crippen molar-refractivity contribution in [2.45, 2.75) is 38.0 Å². The van der Waals surface area contributed by atoms with Crippen LogP contribution in [0.1, 0.15) is 24.1 Å². The maximum atomic E-state index is 14.2. The minimum atomic E-state index is -1.37. The fraction of sp³-hybridized carbons (Fsp3) is 0.300. The van der Waals surface area contributed by atoms with Gasteiger partial charge in [0.25, 0.3) is 0 Å². The summed E-state index contributed by atoms with van der Waals surface area (Å²) in [6.07, 6.45) is -2.30. The van der Waals surface area contributed by atoms with Gasteiger partial charge in [0, 0.05) is 43.0 Å². The van der Waals surface area contributed by atoms with Crippen molar-refractivity contribution in [3.8, 4) is 11.3 Å². The van der Waals surface area contributed by atoms with E-state index >= 15 is 0 Å². The molecule has 2 unspecified atom stereocenters. The molecule has 0 saturated heterocycles. The van der Waals surface area contributed by atoms with Crippen LogP contribution in [0.3, 0.4) is 0 Å². The first-order chi connectivity index (χ1) is 12.0. The van der Waals surface area contributed by atoms with Crippen molar-refractivity contribution in [1.29, 1.82) is 0 Å². The Labute approximate surface area is 145 Å². The van der Waals surface area contributed by atoms with Gasteiger partial charge in [0.15, 0.2) is 5.78 Å². The molecule has 25 heavy (non-hydrogen) atoms. The number of nitrogens with zero attached hydrogens (tertiary/aromatic N) is 1. The summed E-state index contributed by atoms with van der Waals surface area (Å²) in [5.41, 5.74) is 2.83. The van der Waals surface area contributed by atoms with Gasteiger partial charge in [-0.2, -0.15) is 0 Å². The topological polar surface area (TPSA) is 50.2 Å². The highest BCUT2D eigenvalue weighted by atomic mass is 19.1. The van der Waals surface area contributed by atoms with Crippen molar-refractivity contribution in [2.75, 3.05) is 0 Å². The van der Waals surface area contributed by atoms with E-state index in [9.17, 15) is 18.7 Å². The summed E-state index contributed by atoms with van der Waals surface area (Å²) in [7, 11) is 0. The number of halogens is 2. The van der Waals surface area contributed by atoms with Gasteiger partial charge in [0.1, 0.15) is 12.3 Å². The van der Waals surface area contributed by atoms with Gasteiger partial charge in [0.05, 0.1) is 11.5 Å². The molecule has 130 valence electrons. The van der Waals surface area contributed by atoms with Gasteiger partial charge >= 0.3 is 0 Å². The monoisotopic (exact) mass is 343 g/mol. The zero-order valence-corrected chi connectivity index (χ0v) is 13.7. The van der Waals surface area contributed by atoms with Crippen LogP contribution in [0.25, 0.3) is 11.3 Å². The number of aliphatic hydroxyl groups excluding tert-OH is 1. The Bertz CT molecular complexity index is 804. The average molecular weight is 343 g/mol. The smallest absolute Gasteiger partial charge is 0.161 e. The molecule has 1 aliphatic rings. The molecule has 2 aromatic rings. The van der Waals surface area contributed by atoms with Crippen LogP contribution >= 0.6 is 0 Å². The second kappa shape index (κ2) is 7.55. The van der Waals surface area contributed by atoms with Gasteiger partial charge in [-0.3, -0.25) is 9.78 Å². The Morgan fingerprint density at radius 3 is 2.56 bits per heavy atom. The van der Waals surface area contributed by atoms with Crippen molar-refractivity contribution in [3.63, 3.8) is 0 Å². The number of aromatic nitrogens is 1. The van der Waals surface area contributed by atoms with Crippen LogP contribution < -0.4 is 0 Å². The summed E-state index contributed by atoms with van der Waals surface area (Å²) < 4.78 is 28.3.